The quantitative estimate of drug-likeness (QED) is 0.687. The van der Waals surface area contributed by atoms with Gasteiger partial charge in [0.1, 0.15) is 0 Å². The van der Waals surface area contributed by atoms with Gasteiger partial charge in [-0.25, -0.2) is 13.1 Å². The summed E-state index contributed by atoms with van der Waals surface area (Å²) in [6.45, 7) is 5.40. The molecule has 130 valence electrons. The van der Waals surface area contributed by atoms with Gasteiger partial charge in [-0.15, -0.1) is 0 Å². The highest BCUT2D eigenvalue weighted by atomic mass is 35.5. The van der Waals surface area contributed by atoms with Gasteiger partial charge in [0.2, 0.25) is 10.0 Å². The predicted molar refractivity (Wildman–Crippen MR) is 104 cm³/mol. The van der Waals surface area contributed by atoms with Crippen molar-refractivity contribution in [2.75, 3.05) is 0 Å². The van der Waals surface area contributed by atoms with Crippen molar-refractivity contribution in [1.82, 2.24) is 4.72 Å². The fourth-order valence-corrected chi connectivity index (χ4v) is 4.65. The third-order valence-corrected chi connectivity index (χ3v) is 6.44. The molecule has 1 unspecified atom stereocenters. The molecule has 0 spiro atoms. The average molecular weight is 374 g/mol. The minimum absolute atomic E-state index is 0.266. The molecule has 1 N–H and O–H groups in total. The van der Waals surface area contributed by atoms with Crippen molar-refractivity contribution in [3.8, 4) is 0 Å². The summed E-state index contributed by atoms with van der Waals surface area (Å²) in [6, 6.07) is 17.0. The van der Waals surface area contributed by atoms with E-state index in [1.54, 1.807) is 26.0 Å². The van der Waals surface area contributed by atoms with Gasteiger partial charge < -0.3 is 0 Å². The van der Waals surface area contributed by atoms with Crippen LogP contribution < -0.4 is 4.72 Å². The first-order chi connectivity index (χ1) is 11.8. The summed E-state index contributed by atoms with van der Waals surface area (Å²) in [4.78, 5) is 0.266. The molecule has 3 aromatic rings. The van der Waals surface area contributed by atoms with Crippen LogP contribution in [0.3, 0.4) is 0 Å². The molecule has 5 heteroatoms. The Bertz CT molecular complexity index is 1040. The summed E-state index contributed by atoms with van der Waals surface area (Å²) in [5.41, 5.74) is 2.30. The zero-order valence-electron chi connectivity index (χ0n) is 14.4. The van der Waals surface area contributed by atoms with Crippen molar-refractivity contribution < 1.29 is 8.42 Å². The summed E-state index contributed by atoms with van der Waals surface area (Å²) in [5, 5.41) is 2.79. The van der Waals surface area contributed by atoms with Crippen LogP contribution in [-0.2, 0) is 10.0 Å². The molecular weight excluding hydrogens is 354 g/mol. The highest BCUT2D eigenvalue weighted by Crippen LogP contribution is 2.26. The number of nitrogens with one attached hydrogen (secondary N) is 1. The Morgan fingerprint density at radius 3 is 2.32 bits per heavy atom. The first-order valence-electron chi connectivity index (χ1n) is 8.06. The van der Waals surface area contributed by atoms with Gasteiger partial charge in [-0.05, 0) is 66.4 Å². The second-order valence-electron chi connectivity index (χ2n) is 6.32. The van der Waals surface area contributed by atoms with E-state index in [1.807, 2.05) is 49.4 Å². The maximum Gasteiger partial charge on any atom is 0.241 e. The molecule has 0 fully saturated rings. The summed E-state index contributed by atoms with van der Waals surface area (Å²) >= 11 is 6.08. The topological polar surface area (TPSA) is 46.2 Å². The Morgan fingerprint density at radius 1 is 0.920 bits per heavy atom. The summed E-state index contributed by atoms with van der Waals surface area (Å²) in [6.07, 6.45) is 0. The summed E-state index contributed by atoms with van der Waals surface area (Å²) in [5.74, 6) is 0. The molecular formula is C20H20ClNO2S. The Labute approximate surface area is 153 Å². The molecule has 0 heterocycles. The monoisotopic (exact) mass is 373 g/mol. The molecule has 25 heavy (non-hydrogen) atoms. The Kier molecular flexibility index (Phi) is 4.87. The van der Waals surface area contributed by atoms with Crippen molar-refractivity contribution in [3.63, 3.8) is 0 Å². The maximum atomic E-state index is 12.8. The van der Waals surface area contributed by atoms with Crippen LogP contribution in [0.2, 0.25) is 5.02 Å². The lowest BCUT2D eigenvalue weighted by Gasteiger charge is -2.17. The van der Waals surface area contributed by atoms with Crippen molar-refractivity contribution in [3.05, 3.63) is 76.3 Å². The number of halogens is 1. The molecule has 0 aliphatic rings. The van der Waals surface area contributed by atoms with Gasteiger partial charge in [0.15, 0.2) is 0 Å². The van der Waals surface area contributed by atoms with Gasteiger partial charge in [0, 0.05) is 11.1 Å². The van der Waals surface area contributed by atoms with Crippen LogP contribution in [0.15, 0.2) is 59.5 Å². The lowest BCUT2D eigenvalue weighted by Crippen LogP contribution is -2.27. The highest BCUT2D eigenvalue weighted by molar-refractivity contribution is 7.89. The molecule has 0 aromatic heterocycles. The molecule has 0 bridgehead atoms. The molecule has 0 aliphatic heterocycles. The predicted octanol–water partition coefficient (Wildman–Crippen LogP) is 5.15. The van der Waals surface area contributed by atoms with E-state index in [4.69, 9.17) is 11.6 Å². The van der Waals surface area contributed by atoms with Gasteiger partial charge in [0.05, 0.1) is 4.90 Å². The van der Waals surface area contributed by atoms with E-state index in [2.05, 4.69) is 4.72 Å². The van der Waals surface area contributed by atoms with Crippen LogP contribution >= 0.6 is 11.6 Å². The normalized spacial score (nSPS) is 13.1. The zero-order chi connectivity index (χ0) is 18.2. The Hall–Kier alpha value is -1.88. The fraction of sp³-hybridized carbons (Fsp3) is 0.200. The number of aryl methyl sites for hydroxylation is 2. The first-order valence-corrected chi connectivity index (χ1v) is 9.92. The van der Waals surface area contributed by atoms with Crippen LogP contribution in [0.4, 0.5) is 0 Å². The van der Waals surface area contributed by atoms with E-state index in [9.17, 15) is 8.42 Å². The molecule has 3 nitrogen and oxygen atoms in total. The molecule has 0 amide bonds. The molecule has 0 saturated carbocycles. The number of hydrogen-bond donors (Lipinski definition) is 1. The number of hydrogen-bond acceptors (Lipinski definition) is 2. The van der Waals surface area contributed by atoms with E-state index in [-0.39, 0.29) is 10.9 Å². The summed E-state index contributed by atoms with van der Waals surface area (Å²) in [7, 11) is -3.64. The minimum Gasteiger partial charge on any atom is -0.207 e. The van der Waals surface area contributed by atoms with Crippen molar-refractivity contribution >= 4 is 32.4 Å². The van der Waals surface area contributed by atoms with Crippen molar-refractivity contribution in [1.29, 1.82) is 0 Å². The average Bonchev–Trinajstić information content (AvgIpc) is 2.57. The van der Waals surface area contributed by atoms with E-state index >= 15 is 0 Å². The Balaban J connectivity index is 1.93. The second-order valence-corrected chi connectivity index (χ2v) is 8.41. The molecule has 1 atom stereocenters. The van der Waals surface area contributed by atoms with Crippen LogP contribution in [0.1, 0.15) is 29.7 Å². The second kappa shape index (κ2) is 6.79. The number of sulfonamides is 1. The minimum atomic E-state index is -3.64. The molecule has 0 radical (unpaired) electrons. The van der Waals surface area contributed by atoms with Gasteiger partial charge in [-0.3, -0.25) is 0 Å². The SMILES string of the molecule is Cc1cc(S(=O)(=O)NC(C)c2ccc3ccccc3c2)c(C)cc1Cl. The number of fused-ring (bicyclic) bond motifs is 1. The lowest BCUT2D eigenvalue weighted by molar-refractivity contribution is 0.566. The number of rotatable bonds is 4. The number of benzene rings is 3. The highest BCUT2D eigenvalue weighted by Gasteiger charge is 2.21. The molecule has 0 aliphatic carbocycles. The third kappa shape index (κ3) is 3.71. The van der Waals surface area contributed by atoms with Gasteiger partial charge in [-0.1, -0.05) is 48.0 Å². The van der Waals surface area contributed by atoms with E-state index in [0.717, 1.165) is 21.9 Å². The van der Waals surface area contributed by atoms with E-state index < -0.39 is 10.0 Å². The fourth-order valence-electron chi connectivity index (χ4n) is 2.89. The maximum absolute atomic E-state index is 12.8. The molecule has 3 rings (SSSR count). The van der Waals surface area contributed by atoms with Crippen molar-refractivity contribution in [2.45, 2.75) is 31.7 Å². The lowest BCUT2D eigenvalue weighted by atomic mass is 10.0. The van der Waals surface area contributed by atoms with Gasteiger partial charge in [-0.2, -0.15) is 0 Å². The van der Waals surface area contributed by atoms with Crippen molar-refractivity contribution in [2.24, 2.45) is 0 Å². The Morgan fingerprint density at radius 2 is 1.60 bits per heavy atom. The molecule has 3 aromatic carbocycles. The van der Waals surface area contributed by atoms with E-state index in [0.29, 0.717) is 10.6 Å². The van der Waals surface area contributed by atoms with Crippen LogP contribution in [0.5, 0.6) is 0 Å². The van der Waals surface area contributed by atoms with Crippen LogP contribution in [-0.4, -0.2) is 8.42 Å². The van der Waals surface area contributed by atoms with Gasteiger partial charge >= 0.3 is 0 Å². The molecule has 0 saturated heterocycles. The van der Waals surface area contributed by atoms with Gasteiger partial charge in [0.25, 0.3) is 0 Å². The van der Waals surface area contributed by atoms with Crippen LogP contribution in [0, 0.1) is 13.8 Å². The standard InChI is InChI=1S/C20H20ClNO2S/c1-13-11-20(14(2)10-19(13)21)25(23,24)22-15(3)17-9-8-16-6-4-5-7-18(16)12-17/h4-12,15,22H,1-3H3. The largest absolute Gasteiger partial charge is 0.241 e. The first kappa shape index (κ1) is 17.9. The summed E-state index contributed by atoms with van der Waals surface area (Å²) < 4.78 is 28.4. The third-order valence-electron chi connectivity index (χ3n) is 4.35. The smallest absolute Gasteiger partial charge is 0.207 e. The van der Waals surface area contributed by atoms with Crippen LogP contribution in [0.25, 0.3) is 10.8 Å². The zero-order valence-corrected chi connectivity index (χ0v) is 15.9. The van der Waals surface area contributed by atoms with E-state index in [1.165, 1.54) is 0 Å².